The molecular weight excluding hydrogens is 336 g/mol. The largest absolute Gasteiger partial charge is 0.385 e. The number of aliphatic hydroxyl groups excluding tert-OH is 1. The van der Waals surface area contributed by atoms with Crippen LogP contribution in [0.25, 0.3) is 11.2 Å². The Balaban J connectivity index is 1.85. The average Bonchev–Trinajstić information content (AvgIpc) is 3.01. The lowest BCUT2D eigenvalue weighted by atomic mass is 10.2. The number of aromatic nitrogens is 4. The molecule has 4 atom stereocenters. The van der Waals surface area contributed by atoms with E-state index >= 15 is 0 Å². The summed E-state index contributed by atoms with van der Waals surface area (Å²) in [4.78, 5) is 29.2. The molecule has 3 rings (SSSR count). The van der Waals surface area contributed by atoms with Crippen LogP contribution in [-0.4, -0.2) is 59.3 Å². The Morgan fingerprint density at radius 1 is 1.43 bits per heavy atom. The van der Waals surface area contributed by atoms with Crippen molar-refractivity contribution in [2.45, 2.75) is 24.8 Å². The maximum Gasteiger partial charge on any atom is 0.351 e. The van der Waals surface area contributed by atoms with Gasteiger partial charge in [0.1, 0.15) is 17.9 Å². The molecule has 0 aromatic carbocycles. The number of nitrogen functional groups attached to an aromatic ring is 1. The number of hydrogen-bond acceptors (Lipinski definition) is 8. The van der Waals surface area contributed by atoms with Gasteiger partial charge in [0, 0.05) is 0 Å². The number of ether oxygens (including phenoxy) is 2. The molecule has 2 aromatic rings. The second-order valence-corrected chi connectivity index (χ2v) is 6.46. The highest BCUT2D eigenvalue weighted by Crippen LogP contribution is 2.39. The van der Waals surface area contributed by atoms with Crippen molar-refractivity contribution in [3.05, 3.63) is 12.7 Å². The summed E-state index contributed by atoms with van der Waals surface area (Å²) in [5.41, 5.74) is 6.10. The third-order valence-corrected chi connectivity index (χ3v) is 3.71. The van der Waals surface area contributed by atoms with Gasteiger partial charge in [0.15, 0.2) is 36.5 Å². The van der Waals surface area contributed by atoms with Crippen molar-refractivity contribution in [3.8, 4) is 0 Å². The van der Waals surface area contributed by atoms with Crippen LogP contribution in [0.5, 0.6) is 0 Å². The van der Waals surface area contributed by atoms with E-state index in [9.17, 15) is 14.1 Å². The molecule has 2 aromatic heterocycles. The number of imidazole rings is 1. The van der Waals surface area contributed by atoms with Crippen LogP contribution in [0.15, 0.2) is 12.7 Å². The molecule has 1 aliphatic heterocycles. The number of alkyl halides is 1. The van der Waals surface area contributed by atoms with E-state index in [1.165, 1.54) is 17.2 Å². The third-order valence-electron chi connectivity index (χ3n) is 3.22. The van der Waals surface area contributed by atoms with E-state index in [4.69, 9.17) is 25.0 Å². The molecule has 0 saturated carbocycles. The third kappa shape index (κ3) is 3.04. The monoisotopic (exact) mass is 349 g/mol. The molecule has 13 heteroatoms. The van der Waals surface area contributed by atoms with Gasteiger partial charge in [-0.2, -0.15) is 0 Å². The fourth-order valence-corrected chi connectivity index (χ4v) is 2.54. The van der Waals surface area contributed by atoms with E-state index in [-0.39, 0.29) is 17.0 Å². The molecule has 0 bridgehead atoms. The molecule has 1 fully saturated rings. The average molecular weight is 349 g/mol. The molecule has 0 spiro atoms. The Bertz CT molecular complexity index is 767. The number of hydrogen-bond donors (Lipinski definition) is 4. The van der Waals surface area contributed by atoms with Crippen LogP contribution < -0.4 is 5.73 Å². The molecule has 0 amide bonds. The first-order chi connectivity index (χ1) is 10.8. The lowest BCUT2D eigenvalue weighted by Gasteiger charge is -2.16. The van der Waals surface area contributed by atoms with Gasteiger partial charge in [0.2, 0.25) is 0 Å². The fourth-order valence-electron chi connectivity index (χ4n) is 2.20. The van der Waals surface area contributed by atoms with Crippen LogP contribution in [0.2, 0.25) is 0 Å². The minimum atomic E-state index is -4.50. The maximum atomic E-state index is 14.0. The zero-order valence-electron chi connectivity index (χ0n) is 11.4. The van der Waals surface area contributed by atoms with E-state index in [0.29, 0.717) is 0 Å². The lowest BCUT2D eigenvalue weighted by molar-refractivity contribution is -0.158. The highest BCUT2D eigenvalue weighted by Gasteiger charge is 2.47. The SMILES string of the molecule is Nc1ncnc2c1ncn2[C@@H]1O[C@H](OCP(=O)(O)O)C(F)[C@@H]1O. The van der Waals surface area contributed by atoms with E-state index in [1.807, 2.05) is 0 Å². The molecule has 11 nitrogen and oxygen atoms in total. The first-order valence-electron chi connectivity index (χ1n) is 6.35. The van der Waals surface area contributed by atoms with Crippen molar-refractivity contribution in [3.63, 3.8) is 0 Å². The van der Waals surface area contributed by atoms with Gasteiger partial charge in [-0.15, -0.1) is 0 Å². The second-order valence-electron chi connectivity index (χ2n) is 4.87. The van der Waals surface area contributed by atoms with Crippen LogP contribution in [-0.2, 0) is 14.0 Å². The molecule has 126 valence electrons. The molecule has 1 aliphatic rings. The van der Waals surface area contributed by atoms with Gasteiger partial charge in [-0.1, -0.05) is 0 Å². The molecule has 3 heterocycles. The quantitative estimate of drug-likeness (QED) is 0.509. The van der Waals surface area contributed by atoms with Crippen LogP contribution in [0.3, 0.4) is 0 Å². The minimum absolute atomic E-state index is 0.104. The second kappa shape index (κ2) is 5.74. The molecule has 23 heavy (non-hydrogen) atoms. The molecule has 0 aliphatic carbocycles. The summed E-state index contributed by atoms with van der Waals surface area (Å²) in [5.74, 6) is 0.104. The van der Waals surface area contributed by atoms with Crippen LogP contribution in [0.1, 0.15) is 6.23 Å². The van der Waals surface area contributed by atoms with Gasteiger partial charge < -0.3 is 30.1 Å². The highest BCUT2D eigenvalue weighted by molar-refractivity contribution is 7.51. The summed E-state index contributed by atoms with van der Waals surface area (Å²) < 4.78 is 36.0. The molecule has 1 unspecified atom stereocenters. The lowest BCUT2D eigenvalue weighted by Crippen LogP contribution is -2.29. The van der Waals surface area contributed by atoms with Gasteiger partial charge >= 0.3 is 7.60 Å². The van der Waals surface area contributed by atoms with Crippen LogP contribution >= 0.6 is 7.60 Å². The summed E-state index contributed by atoms with van der Waals surface area (Å²) >= 11 is 0. The molecule has 1 saturated heterocycles. The maximum absolute atomic E-state index is 14.0. The van der Waals surface area contributed by atoms with E-state index < -0.39 is 38.7 Å². The summed E-state index contributed by atoms with van der Waals surface area (Å²) in [6.45, 7) is 0. The van der Waals surface area contributed by atoms with Crippen molar-refractivity contribution in [2.75, 3.05) is 12.1 Å². The zero-order valence-corrected chi connectivity index (χ0v) is 12.3. The Kier molecular flexibility index (Phi) is 4.04. The Morgan fingerprint density at radius 3 is 2.87 bits per heavy atom. The standard InChI is InChI=1S/C10H13FN5O6P/c11-4-6(17)9(22-10(4)21-3-23(18,19)20)16-2-15-5-7(12)13-1-14-8(5)16/h1-2,4,6,9-10,17H,3H2,(H2,12,13,14)(H2,18,19,20)/t4?,6-,9+,10-/m0/s1. The van der Waals surface area contributed by atoms with Gasteiger partial charge in [-0.05, 0) is 0 Å². The number of nitrogens with two attached hydrogens (primary N) is 1. The number of fused-ring (bicyclic) bond motifs is 1. The van der Waals surface area contributed by atoms with Crippen molar-refractivity contribution in [1.29, 1.82) is 0 Å². The van der Waals surface area contributed by atoms with Crippen molar-refractivity contribution in [2.24, 2.45) is 0 Å². The number of aliphatic hydroxyl groups is 1. The summed E-state index contributed by atoms with van der Waals surface area (Å²) in [5, 5.41) is 9.96. The Hall–Kier alpha value is -1.69. The minimum Gasteiger partial charge on any atom is -0.385 e. The Morgan fingerprint density at radius 2 is 2.17 bits per heavy atom. The number of halogens is 1. The zero-order chi connectivity index (χ0) is 16.8. The van der Waals surface area contributed by atoms with Gasteiger partial charge in [-0.3, -0.25) is 9.13 Å². The first-order valence-corrected chi connectivity index (χ1v) is 8.14. The van der Waals surface area contributed by atoms with Crippen molar-refractivity contribution >= 4 is 24.6 Å². The number of anilines is 1. The topological polar surface area (TPSA) is 166 Å². The predicted molar refractivity (Wildman–Crippen MR) is 72.5 cm³/mol. The Labute approximate surface area is 128 Å². The van der Waals surface area contributed by atoms with Crippen LogP contribution in [0, 0.1) is 0 Å². The molecule has 0 radical (unpaired) electrons. The number of rotatable bonds is 4. The van der Waals surface area contributed by atoms with E-state index in [2.05, 4.69) is 15.0 Å². The van der Waals surface area contributed by atoms with Crippen molar-refractivity contribution in [1.82, 2.24) is 19.5 Å². The summed E-state index contributed by atoms with van der Waals surface area (Å²) in [7, 11) is -4.50. The summed E-state index contributed by atoms with van der Waals surface area (Å²) in [6, 6.07) is 0. The van der Waals surface area contributed by atoms with Crippen molar-refractivity contribution < 1.29 is 33.3 Å². The highest BCUT2D eigenvalue weighted by atomic mass is 31.2. The van der Waals surface area contributed by atoms with E-state index in [1.54, 1.807) is 0 Å². The van der Waals surface area contributed by atoms with Gasteiger partial charge in [0.05, 0.1) is 6.33 Å². The smallest absolute Gasteiger partial charge is 0.351 e. The number of nitrogens with zero attached hydrogens (tertiary/aromatic N) is 4. The molecular formula is C10H13FN5O6P. The molecule has 5 N–H and O–H groups in total. The first kappa shape index (κ1) is 16.2. The summed E-state index contributed by atoms with van der Waals surface area (Å²) in [6.07, 6.45) is -5.16. The van der Waals surface area contributed by atoms with E-state index in [0.717, 1.165) is 0 Å². The predicted octanol–water partition coefficient (Wildman–Crippen LogP) is -0.886. The van der Waals surface area contributed by atoms with Crippen LogP contribution in [0.4, 0.5) is 10.2 Å². The normalized spacial score (nSPS) is 28.5. The van der Waals surface area contributed by atoms with Gasteiger partial charge in [-0.25, -0.2) is 19.3 Å². The fraction of sp³-hybridized carbons (Fsp3) is 0.500. The van der Waals surface area contributed by atoms with Gasteiger partial charge in [0.25, 0.3) is 0 Å².